The molecule has 0 saturated carbocycles. The molecule has 0 radical (unpaired) electrons. The summed E-state index contributed by atoms with van der Waals surface area (Å²) in [6.07, 6.45) is 0. The minimum Gasteiger partial charge on any atom is -0.411 e. The molecule has 0 aliphatic heterocycles. The van der Waals surface area contributed by atoms with Gasteiger partial charge in [0.2, 0.25) is 0 Å². The fourth-order valence-corrected chi connectivity index (χ4v) is 7.89. The van der Waals surface area contributed by atoms with Crippen LogP contribution >= 0.6 is 7.60 Å². The van der Waals surface area contributed by atoms with Crippen LogP contribution in [0.1, 0.15) is 44.6 Å². The van der Waals surface area contributed by atoms with Gasteiger partial charge in [0.05, 0.1) is 5.30 Å². The van der Waals surface area contributed by atoms with Gasteiger partial charge in [0.15, 0.2) is 0 Å². The van der Waals surface area contributed by atoms with Crippen molar-refractivity contribution in [3.8, 4) is 0 Å². The fourth-order valence-electron chi connectivity index (χ4n) is 1.32. The summed E-state index contributed by atoms with van der Waals surface area (Å²) in [6.45, 7) is 5.99. The highest BCUT2D eigenvalue weighted by molar-refractivity contribution is 7.64. The molecule has 5 nitrogen and oxygen atoms in total. The van der Waals surface area contributed by atoms with Gasteiger partial charge in [0.1, 0.15) is 0 Å². The predicted molar refractivity (Wildman–Crippen MR) is 116 cm³/mol. The van der Waals surface area contributed by atoms with Crippen molar-refractivity contribution in [3.05, 3.63) is 30.3 Å². The van der Waals surface area contributed by atoms with Gasteiger partial charge in [-0.2, -0.15) is 0 Å². The third-order valence-corrected chi connectivity index (χ3v) is 8.19. The molecule has 0 saturated heterocycles. The van der Waals surface area contributed by atoms with Gasteiger partial charge in [-0.1, -0.05) is 62.8 Å². The van der Waals surface area contributed by atoms with E-state index in [2.05, 4.69) is 0 Å². The van der Waals surface area contributed by atoms with Crippen LogP contribution in [-0.4, -0.2) is 26.7 Å². The van der Waals surface area contributed by atoms with Crippen LogP contribution < -0.4 is 5.30 Å². The van der Waals surface area contributed by atoms with Crippen LogP contribution in [0.25, 0.3) is 0 Å². The maximum Gasteiger partial charge on any atom is 0.345 e. The first kappa shape index (κ1) is 39.0. The molecule has 0 atom stereocenters. The zero-order valence-electron chi connectivity index (χ0n) is 11.0. The summed E-state index contributed by atoms with van der Waals surface area (Å²) in [5, 5.41) is 0.342. The Morgan fingerprint density at radius 3 is 1.29 bits per heavy atom. The zero-order valence-corrected chi connectivity index (χ0v) is 13.8. The SMILES string of the molecule is C.C.C.C.C.C.C[Si](C)(O)OP(=O)(O[Si](C)(C)O)c1ccccc1. The van der Waals surface area contributed by atoms with Gasteiger partial charge in [-0.3, -0.25) is 4.57 Å². The molecule has 1 rings (SSSR count). The van der Waals surface area contributed by atoms with Gasteiger partial charge >= 0.3 is 24.7 Å². The topological polar surface area (TPSA) is 76.0 Å². The smallest absolute Gasteiger partial charge is 0.345 e. The van der Waals surface area contributed by atoms with E-state index >= 15 is 0 Å². The number of rotatable bonds is 5. The van der Waals surface area contributed by atoms with E-state index in [1.165, 1.54) is 26.2 Å². The van der Waals surface area contributed by atoms with E-state index < -0.39 is 24.7 Å². The van der Waals surface area contributed by atoms with Crippen molar-refractivity contribution < 1.29 is 22.6 Å². The Labute approximate surface area is 154 Å². The second-order valence-corrected chi connectivity index (χ2v) is 13.7. The van der Waals surface area contributed by atoms with Crippen molar-refractivity contribution in [1.82, 2.24) is 0 Å². The van der Waals surface area contributed by atoms with Gasteiger partial charge in [-0.25, -0.2) is 0 Å². The maximum atomic E-state index is 12.8. The van der Waals surface area contributed by atoms with Crippen molar-refractivity contribution >= 4 is 30.0 Å². The van der Waals surface area contributed by atoms with E-state index in [9.17, 15) is 14.2 Å². The van der Waals surface area contributed by atoms with Crippen molar-refractivity contribution in [2.24, 2.45) is 0 Å². The Bertz CT molecular complexity index is 422. The first-order chi connectivity index (χ1) is 8.02. The lowest BCUT2D eigenvalue weighted by molar-refractivity contribution is 0.312. The maximum absolute atomic E-state index is 12.8. The Balaban J connectivity index is -0.000000135. The Hall–Kier alpha value is -0.276. The summed E-state index contributed by atoms with van der Waals surface area (Å²) >= 11 is 0. The first-order valence-electron chi connectivity index (χ1n) is 5.54. The quantitative estimate of drug-likeness (QED) is 0.485. The number of hydrogen-bond acceptors (Lipinski definition) is 5. The Kier molecular flexibility index (Phi) is 22.7. The summed E-state index contributed by atoms with van der Waals surface area (Å²) in [5.41, 5.74) is 0. The molecular weight excluding hydrogens is 359 g/mol. The molecule has 0 aliphatic carbocycles. The lowest BCUT2D eigenvalue weighted by Crippen LogP contribution is -2.36. The zero-order chi connectivity index (χ0) is 14.0. The average Bonchev–Trinajstić information content (AvgIpc) is 2.13. The van der Waals surface area contributed by atoms with Crippen LogP contribution in [0.3, 0.4) is 0 Å². The summed E-state index contributed by atoms with van der Waals surface area (Å²) in [4.78, 5) is 19.6. The normalized spacial score (nSPS) is 10.2. The minimum absolute atomic E-state index is 0. The summed E-state index contributed by atoms with van der Waals surface area (Å²) in [5.74, 6) is 0. The third-order valence-electron chi connectivity index (χ3n) is 1.76. The summed E-state index contributed by atoms with van der Waals surface area (Å²) < 4.78 is 23.3. The molecule has 24 heavy (non-hydrogen) atoms. The highest BCUT2D eigenvalue weighted by Gasteiger charge is 2.40. The van der Waals surface area contributed by atoms with E-state index in [1.54, 1.807) is 30.3 Å². The lowest BCUT2D eigenvalue weighted by Gasteiger charge is -2.28. The fraction of sp³-hybridized carbons (Fsp3) is 0.625. The van der Waals surface area contributed by atoms with Crippen LogP contribution in [0.4, 0.5) is 0 Å². The monoisotopic (exact) mass is 402 g/mol. The molecule has 0 fully saturated rings. The molecule has 0 spiro atoms. The molecule has 150 valence electrons. The van der Waals surface area contributed by atoms with Crippen LogP contribution in [0.2, 0.25) is 26.2 Å². The molecule has 0 amide bonds. The van der Waals surface area contributed by atoms with E-state index in [4.69, 9.17) is 8.43 Å². The molecule has 0 aliphatic rings. The molecule has 0 aromatic heterocycles. The number of benzene rings is 1. The van der Waals surface area contributed by atoms with Crippen molar-refractivity contribution in [3.63, 3.8) is 0 Å². The third kappa shape index (κ3) is 14.1. The summed E-state index contributed by atoms with van der Waals surface area (Å²) in [7, 11) is -9.80. The van der Waals surface area contributed by atoms with E-state index in [0.29, 0.717) is 5.30 Å². The highest BCUT2D eigenvalue weighted by atomic mass is 31.2. The Morgan fingerprint density at radius 2 is 1.04 bits per heavy atom. The molecule has 0 bridgehead atoms. The predicted octanol–water partition coefficient (Wildman–Crippen LogP) is 5.74. The van der Waals surface area contributed by atoms with E-state index in [1.807, 2.05) is 0 Å². The van der Waals surface area contributed by atoms with E-state index in [0.717, 1.165) is 0 Å². The Morgan fingerprint density at radius 1 is 0.750 bits per heavy atom. The van der Waals surface area contributed by atoms with Crippen molar-refractivity contribution in [1.29, 1.82) is 0 Å². The van der Waals surface area contributed by atoms with Gasteiger partial charge < -0.3 is 18.0 Å². The molecule has 0 heterocycles. The average molecular weight is 403 g/mol. The largest absolute Gasteiger partial charge is 0.411 e. The van der Waals surface area contributed by atoms with E-state index in [-0.39, 0.29) is 44.6 Å². The van der Waals surface area contributed by atoms with Gasteiger partial charge in [0, 0.05) is 0 Å². The van der Waals surface area contributed by atoms with Crippen LogP contribution in [-0.2, 0) is 13.0 Å². The highest BCUT2D eigenvalue weighted by Crippen LogP contribution is 2.50. The van der Waals surface area contributed by atoms with Crippen LogP contribution in [0, 0.1) is 0 Å². The second kappa shape index (κ2) is 14.0. The summed E-state index contributed by atoms with van der Waals surface area (Å²) in [6, 6.07) is 8.37. The lowest BCUT2D eigenvalue weighted by atomic mass is 10.4. The molecular formula is C16H43O5PSi2. The van der Waals surface area contributed by atoms with Crippen molar-refractivity contribution in [2.45, 2.75) is 70.7 Å². The molecule has 1 aromatic rings. The molecule has 2 N–H and O–H groups in total. The first-order valence-corrected chi connectivity index (χ1v) is 12.8. The minimum atomic E-state index is -3.69. The van der Waals surface area contributed by atoms with Gasteiger partial charge in [0.25, 0.3) is 0 Å². The van der Waals surface area contributed by atoms with Crippen LogP contribution in [0.15, 0.2) is 30.3 Å². The second-order valence-electron chi connectivity index (χ2n) is 4.91. The van der Waals surface area contributed by atoms with Gasteiger partial charge in [-0.05, 0) is 38.3 Å². The molecule has 1 aromatic carbocycles. The van der Waals surface area contributed by atoms with Crippen molar-refractivity contribution in [2.75, 3.05) is 0 Å². The number of hydrogen-bond donors (Lipinski definition) is 2. The standard InChI is InChI=1S/C10H19O5PSi2.6CH4/c1-17(2,12)14-16(11,15-18(3,4)13)10-8-6-5-7-9-10;;;;;;/h5-9,12-13H,1-4H3;6*1H4. The van der Waals surface area contributed by atoms with Crippen LogP contribution in [0.5, 0.6) is 0 Å². The van der Waals surface area contributed by atoms with Gasteiger partial charge in [-0.15, -0.1) is 0 Å². The molecule has 8 heteroatoms. The molecule has 0 unspecified atom stereocenters.